The molecule has 1 saturated carbocycles. The Morgan fingerprint density at radius 2 is 1.76 bits per heavy atom. The van der Waals surface area contributed by atoms with Gasteiger partial charge in [-0.1, -0.05) is 37.5 Å². The average molecular weight is 230 g/mol. The zero-order valence-corrected chi connectivity index (χ0v) is 10.5. The molecule has 0 amide bonds. The van der Waals surface area contributed by atoms with Crippen LogP contribution in [0.4, 0.5) is 5.69 Å². The first-order valence-corrected chi connectivity index (χ1v) is 6.86. The van der Waals surface area contributed by atoms with Gasteiger partial charge < -0.3 is 10.6 Å². The highest BCUT2D eigenvalue weighted by Crippen LogP contribution is 2.45. The average Bonchev–Trinajstić information content (AvgIpc) is 2.37. The smallest absolute Gasteiger partial charge is 0.0412 e. The van der Waals surface area contributed by atoms with Crippen molar-refractivity contribution in [1.82, 2.24) is 0 Å². The molecule has 1 aromatic rings. The molecule has 92 valence electrons. The molecule has 0 bridgehead atoms. The molecule has 1 aromatic carbocycles. The van der Waals surface area contributed by atoms with Gasteiger partial charge in [-0.15, -0.1) is 0 Å². The summed E-state index contributed by atoms with van der Waals surface area (Å²) in [6.07, 6.45) is 7.20. The van der Waals surface area contributed by atoms with Crippen LogP contribution in [0, 0.1) is 5.41 Å². The zero-order chi connectivity index (χ0) is 11.7. The van der Waals surface area contributed by atoms with E-state index in [2.05, 4.69) is 29.2 Å². The van der Waals surface area contributed by atoms with E-state index in [1.807, 2.05) is 0 Å². The summed E-state index contributed by atoms with van der Waals surface area (Å²) in [5.74, 6) is 0. The van der Waals surface area contributed by atoms with Crippen molar-refractivity contribution < 1.29 is 0 Å². The fraction of sp³-hybridized carbons (Fsp3) is 0.600. The Bertz CT molecular complexity index is 386. The van der Waals surface area contributed by atoms with Gasteiger partial charge >= 0.3 is 0 Å². The molecule has 1 spiro atoms. The first kappa shape index (κ1) is 11.1. The van der Waals surface area contributed by atoms with E-state index in [9.17, 15) is 0 Å². The largest absolute Gasteiger partial charge is 0.370 e. The summed E-state index contributed by atoms with van der Waals surface area (Å²) in [4.78, 5) is 2.52. The van der Waals surface area contributed by atoms with Gasteiger partial charge in [0.25, 0.3) is 0 Å². The molecule has 2 nitrogen and oxygen atoms in total. The Balaban J connectivity index is 1.72. The van der Waals surface area contributed by atoms with Gasteiger partial charge in [0.15, 0.2) is 0 Å². The van der Waals surface area contributed by atoms with Gasteiger partial charge in [-0.05, 0) is 24.5 Å². The Labute approximate surface area is 104 Å². The maximum absolute atomic E-state index is 5.81. The van der Waals surface area contributed by atoms with Crippen LogP contribution in [-0.2, 0) is 6.54 Å². The quantitative estimate of drug-likeness (QED) is 0.846. The third-order valence-corrected chi connectivity index (χ3v) is 4.52. The van der Waals surface area contributed by atoms with Crippen LogP contribution in [0.2, 0.25) is 0 Å². The molecular formula is C15H22N2. The summed E-state index contributed by atoms with van der Waals surface area (Å²) in [6, 6.07) is 8.58. The van der Waals surface area contributed by atoms with Crippen LogP contribution < -0.4 is 10.6 Å². The molecule has 2 N–H and O–H groups in total. The maximum atomic E-state index is 5.81. The van der Waals surface area contributed by atoms with Crippen LogP contribution in [0.1, 0.15) is 37.7 Å². The summed E-state index contributed by atoms with van der Waals surface area (Å²) < 4.78 is 0. The molecule has 3 rings (SSSR count). The van der Waals surface area contributed by atoms with Gasteiger partial charge in [-0.25, -0.2) is 0 Å². The third-order valence-electron chi connectivity index (χ3n) is 4.52. The fourth-order valence-electron chi connectivity index (χ4n) is 3.54. The summed E-state index contributed by atoms with van der Waals surface area (Å²) in [6.45, 7) is 3.16. The van der Waals surface area contributed by atoms with Crippen LogP contribution in [0.3, 0.4) is 0 Å². The predicted octanol–water partition coefficient (Wildman–Crippen LogP) is 2.92. The van der Waals surface area contributed by atoms with Crippen LogP contribution in [0.25, 0.3) is 0 Å². The Kier molecular flexibility index (Phi) is 2.83. The Morgan fingerprint density at radius 3 is 2.47 bits per heavy atom. The standard InChI is InChI=1S/C15H22N2/c16-10-13-6-2-3-7-14(13)17-11-15(12-17)8-4-1-5-9-15/h2-3,6-7H,1,4-5,8-12,16H2. The first-order valence-electron chi connectivity index (χ1n) is 6.86. The molecule has 1 aliphatic carbocycles. The zero-order valence-electron chi connectivity index (χ0n) is 10.5. The lowest BCUT2D eigenvalue weighted by atomic mass is 9.68. The molecule has 1 aliphatic heterocycles. The number of hydrogen-bond acceptors (Lipinski definition) is 2. The van der Waals surface area contributed by atoms with Crippen LogP contribution in [0.15, 0.2) is 24.3 Å². The number of anilines is 1. The minimum absolute atomic E-state index is 0.652. The van der Waals surface area contributed by atoms with E-state index < -0.39 is 0 Å². The second-order valence-electron chi connectivity index (χ2n) is 5.75. The molecule has 17 heavy (non-hydrogen) atoms. The van der Waals surface area contributed by atoms with E-state index in [0.717, 1.165) is 0 Å². The van der Waals surface area contributed by atoms with Crippen molar-refractivity contribution in [2.24, 2.45) is 11.1 Å². The van der Waals surface area contributed by atoms with Gasteiger partial charge in [-0.3, -0.25) is 0 Å². The normalized spacial score (nSPS) is 22.5. The Morgan fingerprint density at radius 1 is 1.06 bits per heavy atom. The van der Waals surface area contributed by atoms with Gasteiger partial charge in [0.2, 0.25) is 0 Å². The molecule has 0 unspecified atom stereocenters. The van der Waals surface area contributed by atoms with Gasteiger partial charge in [0, 0.05) is 30.7 Å². The van der Waals surface area contributed by atoms with Crippen molar-refractivity contribution in [3.63, 3.8) is 0 Å². The number of hydrogen-bond donors (Lipinski definition) is 1. The number of nitrogens with two attached hydrogens (primary N) is 1. The number of para-hydroxylation sites is 1. The minimum Gasteiger partial charge on any atom is -0.370 e. The highest BCUT2D eigenvalue weighted by Gasteiger charge is 2.43. The third kappa shape index (κ3) is 1.95. The molecule has 2 heteroatoms. The maximum Gasteiger partial charge on any atom is 0.0412 e. The molecule has 2 fully saturated rings. The lowest BCUT2D eigenvalue weighted by molar-refractivity contribution is 0.139. The van der Waals surface area contributed by atoms with Crippen molar-refractivity contribution in [2.75, 3.05) is 18.0 Å². The van der Waals surface area contributed by atoms with Crippen molar-refractivity contribution in [1.29, 1.82) is 0 Å². The number of nitrogens with zero attached hydrogens (tertiary/aromatic N) is 1. The minimum atomic E-state index is 0.652. The first-order chi connectivity index (χ1) is 8.33. The van der Waals surface area contributed by atoms with E-state index >= 15 is 0 Å². The number of rotatable bonds is 2. The summed E-state index contributed by atoms with van der Waals surface area (Å²) in [7, 11) is 0. The van der Waals surface area contributed by atoms with Crippen molar-refractivity contribution >= 4 is 5.69 Å². The second kappa shape index (κ2) is 4.34. The van der Waals surface area contributed by atoms with Gasteiger partial charge in [0.05, 0.1) is 0 Å². The van der Waals surface area contributed by atoms with Crippen LogP contribution >= 0.6 is 0 Å². The van der Waals surface area contributed by atoms with Crippen molar-refractivity contribution in [2.45, 2.75) is 38.6 Å². The summed E-state index contributed by atoms with van der Waals surface area (Å²) in [5, 5.41) is 0. The van der Waals surface area contributed by atoms with E-state index in [-0.39, 0.29) is 0 Å². The van der Waals surface area contributed by atoms with Crippen LogP contribution in [0.5, 0.6) is 0 Å². The second-order valence-corrected chi connectivity index (χ2v) is 5.75. The molecule has 0 radical (unpaired) electrons. The lowest BCUT2D eigenvalue weighted by Crippen LogP contribution is -2.57. The van der Waals surface area contributed by atoms with E-state index in [1.165, 1.54) is 56.4 Å². The summed E-state index contributed by atoms with van der Waals surface area (Å²) >= 11 is 0. The van der Waals surface area contributed by atoms with Gasteiger partial charge in [-0.2, -0.15) is 0 Å². The van der Waals surface area contributed by atoms with E-state index in [1.54, 1.807) is 0 Å². The topological polar surface area (TPSA) is 29.3 Å². The molecule has 0 atom stereocenters. The summed E-state index contributed by atoms with van der Waals surface area (Å²) in [5.41, 5.74) is 9.12. The highest BCUT2D eigenvalue weighted by molar-refractivity contribution is 5.56. The van der Waals surface area contributed by atoms with Crippen LogP contribution in [-0.4, -0.2) is 13.1 Å². The fourth-order valence-corrected chi connectivity index (χ4v) is 3.54. The highest BCUT2D eigenvalue weighted by atomic mass is 15.2. The molecule has 0 aromatic heterocycles. The van der Waals surface area contributed by atoms with Crippen molar-refractivity contribution in [3.05, 3.63) is 29.8 Å². The van der Waals surface area contributed by atoms with Crippen molar-refractivity contribution in [3.8, 4) is 0 Å². The molecular weight excluding hydrogens is 208 g/mol. The molecule has 1 saturated heterocycles. The van der Waals surface area contributed by atoms with E-state index in [0.29, 0.717) is 12.0 Å². The monoisotopic (exact) mass is 230 g/mol. The molecule has 1 heterocycles. The molecule has 2 aliphatic rings. The number of benzene rings is 1. The predicted molar refractivity (Wildman–Crippen MR) is 72.1 cm³/mol. The van der Waals surface area contributed by atoms with Gasteiger partial charge in [0.1, 0.15) is 0 Å². The van der Waals surface area contributed by atoms with E-state index in [4.69, 9.17) is 5.73 Å². The Hall–Kier alpha value is -1.02. The SMILES string of the molecule is NCc1ccccc1N1CC2(CCCCC2)C1. The lowest BCUT2D eigenvalue weighted by Gasteiger charge is -2.54.